The predicted molar refractivity (Wildman–Crippen MR) is 81.4 cm³/mol. The second-order valence-corrected chi connectivity index (χ2v) is 4.93. The molecule has 0 fully saturated rings. The summed E-state index contributed by atoms with van der Waals surface area (Å²) in [5.41, 5.74) is 1.53. The van der Waals surface area contributed by atoms with Crippen molar-refractivity contribution in [1.82, 2.24) is 0 Å². The van der Waals surface area contributed by atoms with Gasteiger partial charge in [-0.1, -0.05) is 80.4 Å². The molecule has 2 aromatic carbocycles. The van der Waals surface area contributed by atoms with Gasteiger partial charge >= 0.3 is 0 Å². The fraction of sp³-hybridized carbons (Fsp3) is 0.333. The summed E-state index contributed by atoms with van der Waals surface area (Å²) in [6.07, 6.45) is 3.20. The standard InChI is InChI=1S/C18H22O2/c1-2-3-10-15-20-18(19,16-11-6-4-7-12-16)17-13-8-5-9-14-17/h4-9,11-14,19H,2-3,10,15H2,1H3. The molecule has 0 unspecified atom stereocenters. The summed E-state index contributed by atoms with van der Waals surface area (Å²) in [6, 6.07) is 19.1. The van der Waals surface area contributed by atoms with E-state index in [4.69, 9.17) is 4.74 Å². The summed E-state index contributed by atoms with van der Waals surface area (Å²) < 4.78 is 5.86. The van der Waals surface area contributed by atoms with E-state index in [0.717, 1.165) is 30.4 Å². The van der Waals surface area contributed by atoms with E-state index in [1.807, 2.05) is 60.7 Å². The lowest BCUT2D eigenvalue weighted by Gasteiger charge is -2.29. The van der Waals surface area contributed by atoms with Gasteiger partial charge in [0.2, 0.25) is 5.79 Å². The topological polar surface area (TPSA) is 29.5 Å². The van der Waals surface area contributed by atoms with Gasteiger partial charge in [0.15, 0.2) is 0 Å². The first-order chi connectivity index (χ1) is 9.77. The number of benzene rings is 2. The summed E-state index contributed by atoms with van der Waals surface area (Å²) >= 11 is 0. The minimum absolute atomic E-state index is 0.550. The second-order valence-electron chi connectivity index (χ2n) is 4.93. The number of unbranched alkanes of at least 4 members (excludes halogenated alkanes) is 2. The molecule has 0 bridgehead atoms. The Morgan fingerprint density at radius 1 is 0.850 bits per heavy atom. The van der Waals surface area contributed by atoms with Crippen LogP contribution in [0.2, 0.25) is 0 Å². The van der Waals surface area contributed by atoms with E-state index >= 15 is 0 Å². The molecule has 0 aliphatic carbocycles. The lowest BCUT2D eigenvalue weighted by atomic mass is 9.97. The minimum atomic E-state index is -1.36. The molecular weight excluding hydrogens is 248 g/mol. The van der Waals surface area contributed by atoms with Gasteiger partial charge in [0.25, 0.3) is 0 Å². The maximum atomic E-state index is 11.0. The summed E-state index contributed by atoms with van der Waals surface area (Å²) in [5, 5.41) is 11.0. The van der Waals surface area contributed by atoms with Crippen LogP contribution >= 0.6 is 0 Å². The summed E-state index contributed by atoms with van der Waals surface area (Å²) in [4.78, 5) is 0. The second kappa shape index (κ2) is 7.22. The van der Waals surface area contributed by atoms with Gasteiger partial charge in [-0.05, 0) is 6.42 Å². The molecule has 0 aliphatic rings. The molecule has 0 heterocycles. The average molecular weight is 270 g/mol. The quantitative estimate of drug-likeness (QED) is 0.606. The van der Waals surface area contributed by atoms with Gasteiger partial charge in [-0.3, -0.25) is 0 Å². The van der Waals surface area contributed by atoms with Crippen molar-refractivity contribution in [3.8, 4) is 0 Å². The third kappa shape index (κ3) is 3.47. The number of ether oxygens (including phenoxy) is 1. The van der Waals surface area contributed by atoms with E-state index in [1.165, 1.54) is 0 Å². The van der Waals surface area contributed by atoms with E-state index in [-0.39, 0.29) is 0 Å². The van der Waals surface area contributed by atoms with Gasteiger partial charge in [-0.15, -0.1) is 0 Å². The van der Waals surface area contributed by atoms with Crippen LogP contribution in [0.1, 0.15) is 37.3 Å². The Balaban J connectivity index is 2.24. The molecule has 0 spiro atoms. The largest absolute Gasteiger partial charge is 0.358 e. The normalized spacial score (nSPS) is 11.5. The molecule has 1 N–H and O–H groups in total. The Kier molecular flexibility index (Phi) is 5.33. The van der Waals surface area contributed by atoms with Crippen LogP contribution in [0.4, 0.5) is 0 Å². The lowest BCUT2D eigenvalue weighted by Crippen LogP contribution is -2.31. The molecule has 20 heavy (non-hydrogen) atoms. The highest BCUT2D eigenvalue weighted by Gasteiger charge is 2.32. The van der Waals surface area contributed by atoms with Gasteiger partial charge < -0.3 is 9.84 Å². The molecule has 0 saturated carbocycles. The molecule has 2 nitrogen and oxygen atoms in total. The molecule has 2 aromatic rings. The highest BCUT2D eigenvalue weighted by Crippen LogP contribution is 2.31. The smallest absolute Gasteiger partial charge is 0.219 e. The van der Waals surface area contributed by atoms with Crippen molar-refractivity contribution in [2.24, 2.45) is 0 Å². The van der Waals surface area contributed by atoms with E-state index in [0.29, 0.717) is 6.61 Å². The molecule has 0 atom stereocenters. The molecule has 0 aromatic heterocycles. The van der Waals surface area contributed by atoms with Crippen molar-refractivity contribution in [3.63, 3.8) is 0 Å². The van der Waals surface area contributed by atoms with Crippen molar-refractivity contribution in [2.75, 3.05) is 6.61 Å². The van der Waals surface area contributed by atoms with Crippen molar-refractivity contribution in [2.45, 2.75) is 32.0 Å². The molecule has 0 aliphatic heterocycles. The van der Waals surface area contributed by atoms with Crippen molar-refractivity contribution in [3.05, 3.63) is 71.8 Å². The summed E-state index contributed by atoms with van der Waals surface area (Å²) in [7, 11) is 0. The van der Waals surface area contributed by atoms with Crippen LogP contribution in [-0.2, 0) is 10.5 Å². The Bertz CT molecular complexity index is 454. The van der Waals surface area contributed by atoms with Gasteiger partial charge in [0, 0.05) is 11.1 Å². The van der Waals surface area contributed by atoms with Crippen LogP contribution in [-0.4, -0.2) is 11.7 Å². The van der Waals surface area contributed by atoms with Crippen molar-refractivity contribution in [1.29, 1.82) is 0 Å². The number of aliphatic hydroxyl groups is 1. The monoisotopic (exact) mass is 270 g/mol. The number of rotatable bonds is 7. The fourth-order valence-corrected chi connectivity index (χ4v) is 2.23. The van der Waals surface area contributed by atoms with Gasteiger partial charge in [-0.2, -0.15) is 0 Å². The maximum absolute atomic E-state index is 11.0. The lowest BCUT2D eigenvalue weighted by molar-refractivity contribution is -0.181. The first-order valence-corrected chi connectivity index (χ1v) is 7.24. The van der Waals surface area contributed by atoms with Crippen molar-refractivity contribution >= 4 is 0 Å². The highest BCUT2D eigenvalue weighted by atomic mass is 16.6. The van der Waals surface area contributed by atoms with E-state index in [2.05, 4.69) is 6.92 Å². The molecule has 2 heteroatoms. The van der Waals surface area contributed by atoms with Crippen LogP contribution in [0.5, 0.6) is 0 Å². The molecule has 106 valence electrons. The minimum Gasteiger partial charge on any atom is -0.358 e. The average Bonchev–Trinajstić information content (AvgIpc) is 2.53. The maximum Gasteiger partial charge on any atom is 0.219 e. The van der Waals surface area contributed by atoms with Gasteiger partial charge in [0.05, 0.1) is 6.61 Å². The van der Waals surface area contributed by atoms with Gasteiger partial charge in [-0.25, -0.2) is 0 Å². The van der Waals surface area contributed by atoms with Gasteiger partial charge in [0.1, 0.15) is 0 Å². The fourth-order valence-electron chi connectivity index (χ4n) is 2.23. The predicted octanol–water partition coefficient (Wildman–Crippen LogP) is 4.09. The highest BCUT2D eigenvalue weighted by molar-refractivity contribution is 5.33. The summed E-state index contributed by atoms with van der Waals surface area (Å²) in [5.74, 6) is -1.36. The third-order valence-corrected chi connectivity index (χ3v) is 3.39. The Morgan fingerprint density at radius 2 is 1.35 bits per heavy atom. The van der Waals surface area contributed by atoms with E-state index < -0.39 is 5.79 Å². The first kappa shape index (κ1) is 14.8. The van der Waals surface area contributed by atoms with Crippen LogP contribution in [0.15, 0.2) is 60.7 Å². The molecule has 0 saturated heterocycles. The zero-order chi connectivity index (χ0) is 14.3. The number of hydrogen-bond acceptors (Lipinski definition) is 2. The van der Waals surface area contributed by atoms with Crippen molar-refractivity contribution < 1.29 is 9.84 Å². The zero-order valence-corrected chi connectivity index (χ0v) is 12.0. The first-order valence-electron chi connectivity index (χ1n) is 7.24. The molecule has 2 rings (SSSR count). The van der Waals surface area contributed by atoms with Crippen LogP contribution in [0.25, 0.3) is 0 Å². The Hall–Kier alpha value is -1.64. The van der Waals surface area contributed by atoms with Crippen LogP contribution in [0, 0.1) is 0 Å². The SMILES string of the molecule is CCCCCOC(O)(c1ccccc1)c1ccccc1. The van der Waals surface area contributed by atoms with Crippen LogP contribution in [0.3, 0.4) is 0 Å². The molecule has 0 amide bonds. The van der Waals surface area contributed by atoms with E-state index in [9.17, 15) is 5.11 Å². The van der Waals surface area contributed by atoms with E-state index in [1.54, 1.807) is 0 Å². The molecular formula is C18H22O2. The number of hydrogen-bond donors (Lipinski definition) is 1. The summed E-state index contributed by atoms with van der Waals surface area (Å²) in [6.45, 7) is 2.70. The Morgan fingerprint density at radius 3 is 1.80 bits per heavy atom. The Labute approximate surface area is 121 Å². The molecule has 0 radical (unpaired) electrons. The third-order valence-electron chi connectivity index (χ3n) is 3.39. The van der Waals surface area contributed by atoms with Crippen LogP contribution < -0.4 is 0 Å². The zero-order valence-electron chi connectivity index (χ0n) is 12.0.